The molecule has 3 N–H and O–H groups in total. The number of rotatable bonds is 7. The van der Waals surface area contributed by atoms with Crippen LogP contribution in [0.5, 0.6) is 0 Å². The Balaban J connectivity index is 2.15. The van der Waals surface area contributed by atoms with Gasteiger partial charge >= 0.3 is 5.97 Å². The summed E-state index contributed by atoms with van der Waals surface area (Å²) in [5, 5.41) is 21.5. The Hall–Kier alpha value is -1.10. The van der Waals surface area contributed by atoms with Gasteiger partial charge in [0.15, 0.2) is 0 Å². The number of hydrogen-bond acceptors (Lipinski definition) is 3. The lowest BCUT2D eigenvalue weighted by molar-refractivity contribution is -0.139. The second-order valence-corrected chi connectivity index (χ2v) is 4.27. The Labute approximate surface area is 105 Å². The highest BCUT2D eigenvalue weighted by Crippen LogP contribution is 2.09. The summed E-state index contributed by atoms with van der Waals surface area (Å²) in [4.78, 5) is 10.3. The summed E-state index contributed by atoms with van der Waals surface area (Å²) in [5.74, 6) is -0.989. The molecule has 0 aliphatic rings. The van der Waals surface area contributed by atoms with Crippen molar-refractivity contribution in [1.82, 2.24) is 5.32 Å². The molecule has 0 amide bonds. The first-order chi connectivity index (χ1) is 8.08. The fraction of sp³-hybridized carbons (Fsp3) is 0.417. The molecule has 0 aromatic heterocycles. The smallest absolute Gasteiger partial charge is 0.306 e. The summed E-state index contributed by atoms with van der Waals surface area (Å²) in [6.07, 6.45) is -0.247. The van der Waals surface area contributed by atoms with Gasteiger partial charge < -0.3 is 15.5 Å². The van der Waals surface area contributed by atoms with Crippen LogP contribution in [-0.2, 0) is 11.2 Å². The molecule has 0 spiro atoms. The summed E-state index contributed by atoms with van der Waals surface area (Å²) in [7, 11) is 0. The Kier molecular flexibility index (Phi) is 5.97. The molecule has 0 saturated heterocycles. The lowest BCUT2D eigenvalue weighted by atomic mass is 10.1. The number of aliphatic carboxylic acids is 1. The molecule has 0 aliphatic carbocycles. The number of halogens is 1. The minimum atomic E-state index is -0.989. The molecule has 1 unspecified atom stereocenters. The molecule has 94 valence electrons. The fourth-order valence-corrected chi connectivity index (χ4v) is 1.55. The van der Waals surface area contributed by atoms with Gasteiger partial charge in [-0.3, -0.25) is 4.79 Å². The third-order valence-electron chi connectivity index (χ3n) is 2.29. The molecule has 0 aliphatic heterocycles. The highest BCUT2D eigenvalue weighted by molar-refractivity contribution is 6.30. The van der Waals surface area contributed by atoms with Gasteiger partial charge in [-0.15, -0.1) is 0 Å². The van der Waals surface area contributed by atoms with E-state index in [1.165, 1.54) is 0 Å². The average molecular weight is 258 g/mol. The van der Waals surface area contributed by atoms with E-state index in [0.717, 1.165) is 12.0 Å². The number of aliphatic hydroxyl groups excluding tert-OH is 1. The molecular formula is C12H16ClNO3. The maximum atomic E-state index is 10.3. The van der Waals surface area contributed by atoms with Crippen LogP contribution < -0.4 is 5.32 Å². The van der Waals surface area contributed by atoms with Gasteiger partial charge in [-0.25, -0.2) is 0 Å². The van der Waals surface area contributed by atoms with Crippen LogP contribution in [0.15, 0.2) is 24.3 Å². The minimum Gasteiger partial charge on any atom is -0.481 e. The lowest BCUT2D eigenvalue weighted by Gasteiger charge is -2.09. The van der Waals surface area contributed by atoms with Crippen molar-refractivity contribution in [3.8, 4) is 0 Å². The summed E-state index contributed by atoms with van der Waals surface area (Å²) in [6.45, 7) is 0.984. The Morgan fingerprint density at radius 1 is 1.35 bits per heavy atom. The molecule has 0 heterocycles. The zero-order valence-electron chi connectivity index (χ0n) is 9.40. The molecule has 17 heavy (non-hydrogen) atoms. The van der Waals surface area contributed by atoms with Crippen molar-refractivity contribution in [3.63, 3.8) is 0 Å². The van der Waals surface area contributed by atoms with Crippen molar-refractivity contribution < 1.29 is 15.0 Å². The normalized spacial score (nSPS) is 12.4. The van der Waals surface area contributed by atoms with Crippen molar-refractivity contribution in [1.29, 1.82) is 0 Å². The molecule has 1 aromatic rings. The third-order valence-corrected chi connectivity index (χ3v) is 2.55. The Morgan fingerprint density at radius 3 is 2.59 bits per heavy atom. The van der Waals surface area contributed by atoms with Crippen molar-refractivity contribution in [2.24, 2.45) is 0 Å². The predicted molar refractivity (Wildman–Crippen MR) is 66.3 cm³/mol. The third kappa shape index (κ3) is 6.26. The van der Waals surface area contributed by atoms with E-state index in [4.69, 9.17) is 16.7 Å². The molecule has 1 atom stereocenters. The monoisotopic (exact) mass is 257 g/mol. The highest BCUT2D eigenvalue weighted by Gasteiger charge is 2.08. The van der Waals surface area contributed by atoms with E-state index >= 15 is 0 Å². The summed E-state index contributed by atoms with van der Waals surface area (Å²) in [6, 6.07) is 7.54. The van der Waals surface area contributed by atoms with Crippen molar-refractivity contribution in [2.45, 2.75) is 18.9 Å². The van der Waals surface area contributed by atoms with Gasteiger partial charge in [0, 0.05) is 11.6 Å². The summed E-state index contributed by atoms with van der Waals surface area (Å²) in [5.41, 5.74) is 1.15. The van der Waals surface area contributed by atoms with Gasteiger partial charge in [0.1, 0.15) is 0 Å². The number of nitrogens with one attached hydrogen (secondary N) is 1. The number of carboxylic acid groups (broad SMARTS) is 1. The van der Waals surface area contributed by atoms with E-state index in [1.54, 1.807) is 0 Å². The van der Waals surface area contributed by atoms with Crippen LogP contribution in [0, 0.1) is 0 Å². The number of carboxylic acids is 1. The van der Waals surface area contributed by atoms with Crippen LogP contribution in [0.2, 0.25) is 5.02 Å². The van der Waals surface area contributed by atoms with Crippen LogP contribution >= 0.6 is 11.6 Å². The van der Waals surface area contributed by atoms with Crippen LogP contribution in [0.4, 0.5) is 0 Å². The minimum absolute atomic E-state index is 0.228. The Morgan fingerprint density at radius 2 is 2.00 bits per heavy atom. The van der Waals surface area contributed by atoms with E-state index in [2.05, 4.69) is 5.32 Å². The quantitative estimate of drug-likeness (QED) is 0.644. The average Bonchev–Trinajstić information content (AvgIpc) is 2.26. The highest BCUT2D eigenvalue weighted by atomic mass is 35.5. The lowest BCUT2D eigenvalue weighted by Crippen LogP contribution is -2.30. The van der Waals surface area contributed by atoms with Crippen LogP contribution in [0.25, 0.3) is 0 Å². The second-order valence-electron chi connectivity index (χ2n) is 3.83. The number of benzene rings is 1. The maximum absolute atomic E-state index is 10.3. The van der Waals surface area contributed by atoms with Gasteiger partial charge in [0.2, 0.25) is 0 Å². The molecule has 0 radical (unpaired) electrons. The van der Waals surface area contributed by atoms with Gasteiger partial charge in [0.05, 0.1) is 12.5 Å². The van der Waals surface area contributed by atoms with E-state index < -0.39 is 12.1 Å². The van der Waals surface area contributed by atoms with Gasteiger partial charge in [-0.1, -0.05) is 23.7 Å². The van der Waals surface area contributed by atoms with E-state index in [1.807, 2.05) is 24.3 Å². The van der Waals surface area contributed by atoms with E-state index in [-0.39, 0.29) is 6.42 Å². The molecule has 1 rings (SSSR count). The molecule has 0 saturated carbocycles. The summed E-state index contributed by atoms with van der Waals surface area (Å²) >= 11 is 5.76. The first-order valence-corrected chi connectivity index (χ1v) is 5.80. The van der Waals surface area contributed by atoms with E-state index in [0.29, 0.717) is 18.1 Å². The second kappa shape index (κ2) is 7.27. The number of hydrogen-bond donors (Lipinski definition) is 3. The predicted octanol–water partition coefficient (Wildman–Crippen LogP) is 1.31. The topological polar surface area (TPSA) is 69.6 Å². The number of carbonyl (C=O) groups is 1. The van der Waals surface area contributed by atoms with Crippen LogP contribution in [0.1, 0.15) is 12.0 Å². The SMILES string of the molecule is O=C(O)CC(O)CNCCc1ccc(Cl)cc1. The molecule has 4 nitrogen and oxygen atoms in total. The van der Waals surface area contributed by atoms with Gasteiger partial charge in [-0.2, -0.15) is 0 Å². The Bertz CT molecular complexity index is 353. The molecule has 0 bridgehead atoms. The van der Waals surface area contributed by atoms with Crippen molar-refractivity contribution >= 4 is 17.6 Å². The van der Waals surface area contributed by atoms with Crippen molar-refractivity contribution in [3.05, 3.63) is 34.9 Å². The first-order valence-electron chi connectivity index (χ1n) is 5.43. The van der Waals surface area contributed by atoms with Crippen LogP contribution in [0.3, 0.4) is 0 Å². The molecule has 1 aromatic carbocycles. The van der Waals surface area contributed by atoms with Gasteiger partial charge in [-0.05, 0) is 30.7 Å². The van der Waals surface area contributed by atoms with Crippen molar-refractivity contribution in [2.75, 3.05) is 13.1 Å². The largest absolute Gasteiger partial charge is 0.481 e. The zero-order valence-corrected chi connectivity index (χ0v) is 10.2. The summed E-state index contributed by atoms with van der Waals surface area (Å²) < 4.78 is 0. The molecule has 5 heteroatoms. The zero-order chi connectivity index (χ0) is 12.7. The van der Waals surface area contributed by atoms with Gasteiger partial charge in [0.25, 0.3) is 0 Å². The molecule has 0 fully saturated rings. The number of aliphatic hydroxyl groups is 1. The molecular weight excluding hydrogens is 242 g/mol. The first kappa shape index (κ1) is 14.0. The van der Waals surface area contributed by atoms with Crippen LogP contribution in [-0.4, -0.2) is 35.4 Å². The maximum Gasteiger partial charge on any atom is 0.306 e. The standard InChI is InChI=1S/C12H16ClNO3/c13-10-3-1-9(2-4-10)5-6-14-8-11(15)7-12(16)17/h1-4,11,14-15H,5-8H2,(H,16,17). The fourth-order valence-electron chi connectivity index (χ4n) is 1.43. The van der Waals surface area contributed by atoms with E-state index in [9.17, 15) is 9.90 Å².